The second-order valence-electron chi connectivity index (χ2n) is 3.75. The molecule has 0 atom stereocenters. The van der Waals surface area contributed by atoms with E-state index in [2.05, 4.69) is 4.98 Å². The molecule has 2 rings (SSSR count). The van der Waals surface area contributed by atoms with Gasteiger partial charge in [0.25, 0.3) is 5.56 Å². The van der Waals surface area contributed by atoms with Crippen molar-refractivity contribution in [2.24, 2.45) is 0 Å². The maximum atomic E-state index is 13.5. The first-order valence-corrected chi connectivity index (χ1v) is 5.15. The van der Waals surface area contributed by atoms with E-state index >= 15 is 0 Å². The van der Waals surface area contributed by atoms with E-state index in [9.17, 15) is 9.18 Å². The van der Waals surface area contributed by atoms with Crippen molar-refractivity contribution in [1.29, 1.82) is 0 Å². The van der Waals surface area contributed by atoms with Crippen LogP contribution in [0, 0.1) is 12.7 Å². The number of hydrogen-bond acceptors (Lipinski definition) is 2. The minimum Gasteiger partial charge on any atom is -0.494 e. The van der Waals surface area contributed by atoms with Gasteiger partial charge in [-0.05, 0) is 36.2 Å². The van der Waals surface area contributed by atoms with E-state index in [0.29, 0.717) is 11.1 Å². The summed E-state index contributed by atoms with van der Waals surface area (Å²) >= 11 is 0. The zero-order valence-electron chi connectivity index (χ0n) is 9.58. The molecule has 0 unspecified atom stereocenters. The third-order valence-electron chi connectivity index (χ3n) is 2.57. The Balaban J connectivity index is 2.49. The van der Waals surface area contributed by atoms with Crippen LogP contribution in [-0.2, 0) is 0 Å². The molecule has 0 fully saturated rings. The van der Waals surface area contributed by atoms with Crippen LogP contribution in [0.15, 0.2) is 35.3 Å². The van der Waals surface area contributed by atoms with Crippen LogP contribution < -0.4 is 10.3 Å². The number of methoxy groups -OCH3 is 1. The molecule has 3 nitrogen and oxygen atoms in total. The predicted octanol–water partition coefficient (Wildman–Crippen LogP) is 2.50. The van der Waals surface area contributed by atoms with Crippen LogP contribution in [0.2, 0.25) is 0 Å². The van der Waals surface area contributed by atoms with Gasteiger partial charge in [0, 0.05) is 11.8 Å². The highest BCUT2D eigenvalue weighted by Crippen LogP contribution is 2.24. The van der Waals surface area contributed by atoms with Crippen LogP contribution in [0.5, 0.6) is 5.75 Å². The molecule has 0 saturated carbocycles. The molecule has 0 radical (unpaired) electrons. The Morgan fingerprint density at radius 2 is 2.00 bits per heavy atom. The average Bonchev–Trinajstić information content (AvgIpc) is 2.32. The molecule has 88 valence electrons. The van der Waals surface area contributed by atoms with Crippen molar-refractivity contribution in [3.8, 4) is 16.9 Å². The third kappa shape index (κ3) is 2.20. The van der Waals surface area contributed by atoms with Crippen LogP contribution in [0.1, 0.15) is 5.56 Å². The van der Waals surface area contributed by atoms with Gasteiger partial charge < -0.3 is 9.72 Å². The molecule has 17 heavy (non-hydrogen) atoms. The van der Waals surface area contributed by atoms with E-state index in [0.717, 1.165) is 5.56 Å². The van der Waals surface area contributed by atoms with Gasteiger partial charge in [-0.25, -0.2) is 4.39 Å². The van der Waals surface area contributed by atoms with E-state index in [4.69, 9.17) is 4.74 Å². The van der Waals surface area contributed by atoms with Gasteiger partial charge in [-0.15, -0.1) is 0 Å². The van der Waals surface area contributed by atoms with E-state index < -0.39 is 5.82 Å². The molecule has 1 aromatic carbocycles. The van der Waals surface area contributed by atoms with Gasteiger partial charge >= 0.3 is 0 Å². The fourth-order valence-corrected chi connectivity index (χ4v) is 1.61. The summed E-state index contributed by atoms with van der Waals surface area (Å²) in [5, 5.41) is 0. The zero-order chi connectivity index (χ0) is 12.4. The number of nitrogens with one attached hydrogen (secondary N) is 1. The van der Waals surface area contributed by atoms with Crippen molar-refractivity contribution in [2.75, 3.05) is 7.11 Å². The topological polar surface area (TPSA) is 42.1 Å². The average molecular weight is 233 g/mol. The van der Waals surface area contributed by atoms with E-state index in [-0.39, 0.29) is 11.3 Å². The van der Waals surface area contributed by atoms with Gasteiger partial charge in [0.15, 0.2) is 11.6 Å². The molecule has 2 aromatic rings. The molecule has 0 saturated heterocycles. The van der Waals surface area contributed by atoms with Gasteiger partial charge in [0.2, 0.25) is 0 Å². The number of aromatic nitrogens is 1. The minimum atomic E-state index is -0.422. The van der Waals surface area contributed by atoms with Crippen LogP contribution in [0.4, 0.5) is 4.39 Å². The number of pyridine rings is 1. The predicted molar refractivity (Wildman–Crippen MR) is 63.7 cm³/mol. The lowest BCUT2D eigenvalue weighted by Crippen LogP contribution is -2.07. The molecule has 4 heteroatoms. The molecule has 1 N–H and O–H groups in total. The molecule has 1 aromatic heterocycles. The third-order valence-corrected chi connectivity index (χ3v) is 2.57. The quantitative estimate of drug-likeness (QED) is 0.865. The Hall–Kier alpha value is -2.10. The second kappa shape index (κ2) is 4.41. The lowest BCUT2D eigenvalue weighted by atomic mass is 10.1. The Bertz CT molecular complexity index is 605. The summed E-state index contributed by atoms with van der Waals surface area (Å²) in [5.41, 5.74) is 1.92. The Morgan fingerprint density at radius 3 is 2.59 bits per heavy atom. The fourth-order valence-electron chi connectivity index (χ4n) is 1.61. The highest BCUT2D eigenvalue weighted by atomic mass is 19.1. The summed E-state index contributed by atoms with van der Waals surface area (Å²) < 4.78 is 18.4. The van der Waals surface area contributed by atoms with Crippen molar-refractivity contribution in [1.82, 2.24) is 4.98 Å². The molecule has 0 spiro atoms. The summed E-state index contributed by atoms with van der Waals surface area (Å²) in [5.74, 6) is -0.219. The molecule has 0 aliphatic heterocycles. The molecule has 0 bridgehead atoms. The van der Waals surface area contributed by atoms with Crippen molar-refractivity contribution >= 4 is 0 Å². The van der Waals surface area contributed by atoms with E-state index in [1.807, 2.05) is 0 Å². The maximum absolute atomic E-state index is 13.5. The number of benzene rings is 1. The number of H-pyrrole nitrogens is 1. The van der Waals surface area contributed by atoms with Gasteiger partial charge in [-0.2, -0.15) is 0 Å². The first-order valence-electron chi connectivity index (χ1n) is 5.15. The number of aromatic amines is 1. The zero-order valence-corrected chi connectivity index (χ0v) is 9.58. The summed E-state index contributed by atoms with van der Waals surface area (Å²) in [6, 6.07) is 6.41. The summed E-state index contributed by atoms with van der Waals surface area (Å²) in [4.78, 5) is 13.8. The number of hydrogen-bond donors (Lipinski definition) is 1. The van der Waals surface area contributed by atoms with Crippen LogP contribution >= 0.6 is 0 Å². The van der Waals surface area contributed by atoms with Gasteiger partial charge in [0.05, 0.1) is 7.11 Å². The normalized spacial score (nSPS) is 10.3. The summed E-state index contributed by atoms with van der Waals surface area (Å²) in [6.07, 6.45) is 1.57. The Morgan fingerprint density at radius 1 is 1.24 bits per heavy atom. The summed E-state index contributed by atoms with van der Waals surface area (Å²) in [7, 11) is 1.42. The van der Waals surface area contributed by atoms with E-state index in [1.54, 1.807) is 31.3 Å². The highest BCUT2D eigenvalue weighted by Gasteiger charge is 2.06. The number of aryl methyl sites for hydroxylation is 1. The molecule has 0 amide bonds. The van der Waals surface area contributed by atoms with Crippen molar-refractivity contribution in [2.45, 2.75) is 6.92 Å². The number of rotatable bonds is 2. The van der Waals surface area contributed by atoms with E-state index in [1.165, 1.54) is 13.2 Å². The number of ether oxygens (including phenoxy) is 1. The number of halogens is 1. The molecular formula is C13H12FNO2. The van der Waals surface area contributed by atoms with Gasteiger partial charge in [0.1, 0.15) is 0 Å². The van der Waals surface area contributed by atoms with Gasteiger partial charge in [-0.1, -0.05) is 6.07 Å². The fraction of sp³-hybridized carbons (Fsp3) is 0.154. The largest absolute Gasteiger partial charge is 0.494 e. The minimum absolute atomic E-state index is 0.136. The smallest absolute Gasteiger partial charge is 0.250 e. The van der Waals surface area contributed by atoms with Crippen LogP contribution in [0.25, 0.3) is 11.1 Å². The lowest BCUT2D eigenvalue weighted by Gasteiger charge is -2.05. The van der Waals surface area contributed by atoms with Crippen molar-refractivity contribution < 1.29 is 9.13 Å². The highest BCUT2D eigenvalue weighted by molar-refractivity contribution is 5.64. The van der Waals surface area contributed by atoms with Crippen LogP contribution in [-0.4, -0.2) is 12.1 Å². The first-order chi connectivity index (χ1) is 8.11. The Labute approximate surface area is 97.9 Å². The van der Waals surface area contributed by atoms with Crippen molar-refractivity contribution in [3.63, 3.8) is 0 Å². The standard InChI is InChI=1S/C13H12FNO2/c1-8-5-10(7-15-13(8)16)9-3-4-12(17-2)11(14)6-9/h3-7H,1-2H3,(H,15,16). The van der Waals surface area contributed by atoms with Crippen molar-refractivity contribution in [3.05, 3.63) is 52.2 Å². The van der Waals surface area contributed by atoms with Gasteiger partial charge in [-0.3, -0.25) is 4.79 Å². The molecule has 0 aliphatic rings. The lowest BCUT2D eigenvalue weighted by molar-refractivity contribution is 0.386. The first kappa shape index (κ1) is 11.4. The maximum Gasteiger partial charge on any atom is 0.250 e. The SMILES string of the molecule is COc1ccc(-c2c[nH]c(=O)c(C)c2)cc1F. The summed E-state index contributed by atoms with van der Waals surface area (Å²) in [6.45, 7) is 1.71. The van der Waals surface area contributed by atoms with Crippen LogP contribution in [0.3, 0.4) is 0 Å². The molecular weight excluding hydrogens is 221 g/mol. The second-order valence-corrected chi connectivity index (χ2v) is 3.75. The molecule has 1 heterocycles. The monoisotopic (exact) mass is 233 g/mol. The molecule has 0 aliphatic carbocycles. The Kier molecular flexibility index (Phi) is 2.95.